The molecule has 0 aromatic heterocycles. The number of esters is 1. The van der Waals surface area contributed by atoms with Crippen LogP contribution in [0.1, 0.15) is 36.0 Å². The van der Waals surface area contributed by atoms with E-state index >= 15 is 0 Å². The summed E-state index contributed by atoms with van der Waals surface area (Å²) in [5.41, 5.74) is 0.518. The zero-order valence-corrected chi connectivity index (χ0v) is 15.5. The summed E-state index contributed by atoms with van der Waals surface area (Å²) in [6.07, 6.45) is 5.17. The molecular formula is C20H21N3O5. The standard InChI is InChI=1S/C20H21N3O5/c1-28-19(26)13-4-2-3-5-15(13)21-10-14-17(24)22-20(27)23(18(14)25)16-9-11-6-7-12(16)8-11/h2-5,10-12,14,16H,6-9H2,1H3,(H,22,24,27)/t11-,12-,14+,16+/m0/s1. The number of amides is 4. The van der Waals surface area contributed by atoms with Gasteiger partial charge < -0.3 is 4.74 Å². The number of ether oxygens (including phenoxy) is 1. The molecule has 8 heteroatoms. The van der Waals surface area contributed by atoms with Crippen molar-refractivity contribution in [3.05, 3.63) is 29.8 Å². The van der Waals surface area contributed by atoms with Crippen molar-refractivity contribution in [3.63, 3.8) is 0 Å². The van der Waals surface area contributed by atoms with E-state index in [1.165, 1.54) is 18.2 Å². The zero-order valence-electron chi connectivity index (χ0n) is 15.5. The van der Waals surface area contributed by atoms with Crippen LogP contribution < -0.4 is 5.32 Å². The normalized spacial score (nSPS) is 29.5. The number of imide groups is 2. The van der Waals surface area contributed by atoms with Crippen LogP contribution >= 0.6 is 0 Å². The van der Waals surface area contributed by atoms with Gasteiger partial charge in [0.25, 0.3) is 0 Å². The molecule has 2 saturated carbocycles. The van der Waals surface area contributed by atoms with Gasteiger partial charge in [0.2, 0.25) is 11.8 Å². The number of fused-ring (bicyclic) bond motifs is 2. The first-order valence-electron chi connectivity index (χ1n) is 9.39. The quantitative estimate of drug-likeness (QED) is 0.487. The minimum atomic E-state index is -1.21. The fourth-order valence-corrected chi connectivity index (χ4v) is 4.60. The van der Waals surface area contributed by atoms with Gasteiger partial charge in [-0.15, -0.1) is 0 Å². The van der Waals surface area contributed by atoms with E-state index in [1.54, 1.807) is 24.3 Å². The van der Waals surface area contributed by atoms with Crippen LogP contribution in [0.15, 0.2) is 29.3 Å². The lowest BCUT2D eigenvalue weighted by Gasteiger charge is -2.36. The number of para-hydroxylation sites is 1. The van der Waals surface area contributed by atoms with Crippen molar-refractivity contribution >= 4 is 35.7 Å². The second-order valence-electron chi connectivity index (χ2n) is 7.51. The largest absolute Gasteiger partial charge is 0.465 e. The van der Waals surface area contributed by atoms with Crippen LogP contribution in [-0.2, 0) is 14.3 Å². The van der Waals surface area contributed by atoms with E-state index in [0.29, 0.717) is 17.5 Å². The first-order chi connectivity index (χ1) is 13.5. The fourth-order valence-electron chi connectivity index (χ4n) is 4.60. The van der Waals surface area contributed by atoms with E-state index in [9.17, 15) is 19.2 Å². The number of methoxy groups -OCH3 is 1. The molecule has 4 amide bonds. The molecule has 1 aliphatic heterocycles. The third-order valence-corrected chi connectivity index (χ3v) is 5.94. The minimum absolute atomic E-state index is 0.155. The van der Waals surface area contributed by atoms with Crippen LogP contribution in [0.25, 0.3) is 0 Å². The van der Waals surface area contributed by atoms with Crippen molar-refractivity contribution in [1.29, 1.82) is 0 Å². The Morgan fingerprint density at radius 3 is 2.68 bits per heavy atom. The zero-order chi connectivity index (χ0) is 19.8. The highest BCUT2D eigenvalue weighted by Crippen LogP contribution is 2.47. The van der Waals surface area contributed by atoms with Crippen molar-refractivity contribution in [3.8, 4) is 0 Å². The highest BCUT2D eigenvalue weighted by atomic mass is 16.5. The Balaban J connectivity index is 1.58. The molecule has 1 heterocycles. The van der Waals surface area contributed by atoms with E-state index in [4.69, 9.17) is 4.74 Å². The molecular weight excluding hydrogens is 362 g/mol. The molecule has 4 atom stereocenters. The molecule has 1 aromatic carbocycles. The maximum atomic E-state index is 13.0. The van der Waals surface area contributed by atoms with Gasteiger partial charge in [-0.3, -0.25) is 24.8 Å². The third-order valence-electron chi connectivity index (χ3n) is 5.94. The number of hydrogen-bond donors (Lipinski definition) is 1. The van der Waals surface area contributed by atoms with Crippen LogP contribution in [0, 0.1) is 17.8 Å². The Hall–Kier alpha value is -3.03. The molecule has 0 spiro atoms. The van der Waals surface area contributed by atoms with Gasteiger partial charge in [-0.25, -0.2) is 9.59 Å². The summed E-state index contributed by atoms with van der Waals surface area (Å²) in [6, 6.07) is 5.69. The molecule has 0 unspecified atom stereocenters. The van der Waals surface area contributed by atoms with Gasteiger partial charge in [0.1, 0.15) is 0 Å². The number of barbiturate groups is 1. The number of benzene rings is 1. The summed E-state index contributed by atoms with van der Waals surface area (Å²) in [6.45, 7) is 0. The summed E-state index contributed by atoms with van der Waals surface area (Å²) >= 11 is 0. The van der Waals surface area contributed by atoms with Crippen molar-refractivity contribution in [2.75, 3.05) is 7.11 Å². The van der Waals surface area contributed by atoms with E-state index < -0.39 is 29.7 Å². The number of urea groups is 1. The van der Waals surface area contributed by atoms with Gasteiger partial charge >= 0.3 is 12.0 Å². The van der Waals surface area contributed by atoms with Crippen molar-refractivity contribution in [2.45, 2.75) is 31.7 Å². The molecule has 1 saturated heterocycles. The minimum Gasteiger partial charge on any atom is -0.465 e. The number of hydrogen-bond acceptors (Lipinski definition) is 6. The summed E-state index contributed by atoms with van der Waals surface area (Å²) in [7, 11) is 1.26. The van der Waals surface area contributed by atoms with Crippen LogP contribution in [0.5, 0.6) is 0 Å². The van der Waals surface area contributed by atoms with Gasteiger partial charge in [-0.2, -0.15) is 0 Å². The van der Waals surface area contributed by atoms with Crippen LogP contribution in [-0.4, -0.2) is 48.1 Å². The Labute approximate surface area is 161 Å². The van der Waals surface area contributed by atoms with E-state index in [-0.39, 0.29) is 11.6 Å². The highest BCUT2D eigenvalue weighted by Gasteiger charge is 2.50. The molecule has 146 valence electrons. The molecule has 2 aliphatic carbocycles. The van der Waals surface area contributed by atoms with Crippen molar-refractivity contribution < 1.29 is 23.9 Å². The summed E-state index contributed by atoms with van der Waals surface area (Å²) in [5.74, 6) is -2.16. The molecule has 1 N–H and O–H groups in total. The number of nitrogens with zero attached hydrogens (tertiary/aromatic N) is 2. The summed E-state index contributed by atoms with van der Waals surface area (Å²) in [5, 5.41) is 2.28. The maximum Gasteiger partial charge on any atom is 0.340 e. The van der Waals surface area contributed by atoms with Gasteiger partial charge in [-0.05, 0) is 43.2 Å². The molecule has 4 rings (SSSR count). The third kappa shape index (κ3) is 3.08. The monoisotopic (exact) mass is 383 g/mol. The molecule has 1 aromatic rings. The predicted octanol–water partition coefficient (Wildman–Crippen LogP) is 2.06. The first-order valence-corrected chi connectivity index (χ1v) is 9.39. The second-order valence-corrected chi connectivity index (χ2v) is 7.51. The molecule has 28 heavy (non-hydrogen) atoms. The molecule has 3 aliphatic rings. The lowest BCUT2D eigenvalue weighted by atomic mass is 9.92. The Morgan fingerprint density at radius 1 is 1.21 bits per heavy atom. The second kappa shape index (κ2) is 7.18. The predicted molar refractivity (Wildman–Crippen MR) is 99.0 cm³/mol. The number of aliphatic imine (C=N–C) groups is 1. The molecule has 0 radical (unpaired) electrons. The number of carbonyl (C=O) groups is 4. The van der Waals surface area contributed by atoms with Crippen LogP contribution in [0.4, 0.5) is 10.5 Å². The van der Waals surface area contributed by atoms with E-state index in [1.807, 2.05) is 0 Å². The van der Waals surface area contributed by atoms with Crippen LogP contribution in [0.3, 0.4) is 0 Å². The topological polar surface area (TPSA) is 105 Å². The van der Waals surface area contributed by atoms with Crippen LogP contribution in [0.2, 0.25) is 0 Å². The molecule has 2 bridgehead atoms. The summed E-state index contributed by atoms with van der Waals surface area (Å²) < 4.78 is 4.73. The van der Waals surface area contributed by atoms with Crippen molar-refractivity contribution in [2.24, 2.45) is 22.7 Å². The number of rotatable bonds is 4. The van der Waals surface area contributed by atoms with E-state index in [0.717, 1.165) is 25.7 Å². The Kier molecular flexibility index (Phi) is 4.70. The maximum absolute atomic E-state index is 13.0. The average Bonchev–Trinajstić information content (AvgIpc) is 3.31. The Morgan fingerprint density at radius 2 is 2.00 bits per heavy atom. The smallest absolute Gasteiger partial charge is 0.340 e. The molecule has 8 nitrogen and oxygen atoms in total. The highest BCUT2D eigenvalue weighted by molar-refractivity contribution is 6.23. The van der Waals surface area contributed by atoms with Gasteiger partial charge in [-0.1, -0.05) is 18.6 Å². The lowest BCUT2D eigenvalue weighted by molar-refractivity contribution is -0.141. The van der Waals surface area contributed by atoms with Crippen molar-refractivity contribution in [1.82, 2.24) is 10.2 Å². The first kappa shape index (κ1) is 18.3. The average molecular weight is 383 g/mol. The summed E-state index contributed by atoms with van der Waals surface area (Å²) in [4.78, 5) is 54.9. The fraction of sp³-hybridized carbons (Fsp3) is 0.450. The molecule has 3 fully saturated rings. The number of carbonyl (C=O) groups excluding carboxylic acids is 4. The Bertz CT molecular complexity index is 880. The van der Waals surface area contributed by atoms with Gasteiger partial charge in [0.15, 0.2) is 5.92 Å². The van der Waals surface area contributed by atoms with Gasteiger partial charge in [0, 0.05) is 12.3 Å². The SMILES string of the molecule is COC(=O)c1ccccc1N=C[C@@H]1C(=O)NC(=O)N([C@@H]2C[C@H]3CC[C@H]2C3)C1=O. The van der Waals surface area contributed by atoms with Gasteiger partial charge in [0.05, 0.1) is 18.4 Å². The lowest BCUT2D eigenvalue weighted by Crippen LogP contribution is -2.62. The van der Waals surface area contributed by atoms with E-state index in [2.05, 4.69) is 10.3 Å². The number of nitrogens with one attached hydrogen (secondary N) is 1.